The van der Waals surface area contributed by atoms with Crippen molar-refractivity contribution in [3.63, 3.8) is 0 Å². The Labute approximate surface area is 141 Å². The third kappa shape index (κ3) is 4.57. The van der Waals surface area contributed by atoms with E-state index in [2.05, 4.69) is 10.5 Å². The molecule has 2 rings (SSSR count). The van der Waals surface area contributed by atoms with Gasteiger partial charge in [-0.1, -0.05) is 30.7 Å². The number of anilines is 1. The van der Waals surface area contributed by atoms with Crippen molar-refractivity contribution < 1.29 is 9.53 Å². The Morgan fingerprint density at radius 3 is 2.48 bits per heavy atom. The van der Waals surface area contributed by atoms with Gasteiger partial charge in [-0.15, -0.1) is 0 Å². The average Bonchev–Trinajstić information content (AvgIpc) is 2.55. The van der Waals surface area contributed by atoms with Crippen molar-refractivity contribution in [2.45, 2.75) is 19.8 Å². The van der Waals surface area contributed by atoms with Gasteiger partial charge in [0.1, 0.15) is 11.5 Å². The molecule has 2 aromatic carbocycles. The van der Waals surface area contributed by atoms with Gasteiger partial charge in [0.25, 0.3) is 0 Å². The first-order valence-corrected chi connectivity index (χ1v) is 7.63. The van der Waals surface area contributed by atoms with E-state index in [0.29, 0.717) is 10.7 Å². The van der Waals surface area contributed by atoms with Crippen LogP contribution in [-0.4, -0.2) is 18.6 Å². The van der Waals surface area contributed by atoms with E-state index in [0.717, 1.165) is 17.0 Å². The maximum atomic E-state index is 11.9. The second-order valence-corrected chi connectivity index (χ2v) is 5.61. The lowest BCUT2D eigenvalue weighted by molar-refractivity contribution is -0.111. The van der Waals surface area contributed by atoms with Gasteiger partial charge in [-0.2, -0.15) is 5.10 Å². The molecule has 0 aliphatic rings. The number of nitrogens with zero attached hydrogens (tertiary/aromatic N) is 1. The van der Waals surface area contributed by atoms with E-state index in [1.165, 1.54) is 6.92 Å². The molecular weight excluding hydrogens is 312 g/mol. The Hall–Kier alpha value is -2.33. The summed E-state index contributed by atoms with van der Waals surface area (Å²) in [6.07, 6.45) is 0. The number of halogens is 1. The van der Waals surface area contributed by atoms with Crippen LogP contribution in [0.5, 0.6) is 5.75 Å². The van der Waals surface area contributed by atoms with Gasteiger partial charge in [-0.05, 0) is 42.0 Å². The predicted molar refractivity (Wildman–Crippen MR) is 94.6 cm³/mol. The number of benzene rings is 2. The molecule has 0 spiro atoms. The van der Waals surface area contributed by atoms with Crippen LogP contribution in [0.4, 0.5) is 5.69 Å². The standard InChI is InChI=1S/C18H19ClN2O2/c1-12(14-5-4-6-15(19)11-14)18(13(2)22)21-20-16-7-9-17(23-3)10-8-16/h4-12,20H,1-3H3/b21-18-. The fourth-order valence-electron chi connectivity index (χ4n) is 2.20. The van der Waals surface area contributed by atoms with E-state index >= 15 is 0 Å². The molecule has 1 atom stereocenters. The van der Waals surface area contributed by atoms with Gasteiger partial charge in [-0.25, -0.2) is 0 Å². The van der Waals surface area contributed by atoms with E-state index in [4.69, 9.17) is 16.3 Å². The van der Waals surface area contributed by atoms with Gasteiger partial charge in [0.15, 0.2) is 5.78 Å². The van der Waals surface area contributed by atoms with Crippen molar-refractivity contribution in [1.82, 2.24) is 0 Å². The summed E-state index contributed by atoms with van der Waals surface area (Å²) in [6, 6.07) is 14.8. The summed E-state index contributed by atoms with van der Waals surface area (Å²) in [5.74, 6) is 0.522. The highest BCUT2D eigenvalue weighted by Gasteiger charge is 2.18. The maximum absolute atomic E-state index is 11.9. The number of hydrogen-bond donors (Lipinski definition) is 1. The van der Waals surface area contributed by atoms with E-state index in [-0.39, 0.29) is 11.7 Å². The molecule has 0 amide bonds. The Morgan fingerprint density at radius 2 is 1.91 bits per heavy atom. The topological polar surface area (TPSA) is 50.7 Å². The molecule has 0 bridgehead atoms. The molecule has 0 fully saturated rings. The Morgan fingerprint density at radius 1 is 1.22 bits per heavy atom. The summed E-state index contributed by atoms with van der Waals surface area (Å²) < 4.78 is 5.11. The largest absolute Gasteiger partial charge is 0.497 e. The smallest absolute Gasteiger partial charge is 0.176 e. The van der Waals surface area contributed by atoms with Crippen LogP contribution in [0.25, 0.3) is 0 Å². The lowest BCUT2D eigenvalue weighted by Crippen LogP contribution is -2.19. The van der Waals surface area contributed by atoms with Crippen LogP contribution in [0.1, 0.15) is 25.3 Å². The van der Waals surface area contributed by atoms with Crippen LogP contribution in [0.15, 0.2) is 53.6 Å². The molecule has 0 saturated heterocycles. The molecule has 0 saturated carbocycles. The lowest BCUT2D eigenvalue weighted by atomic mass is 9.94. The van der Waals surface area contributed by atoms with Crippen LogP contribution >= 0.6 is 11.6 Å². The second kappa shape index (κ2) is 7.79. The Bertz CT molecular complexity index is 711. The molecule has 2 aromatic rings. The van der Waals surface area contributed by atoms with Crippen molar-refractivity contribution in [3.05, 3.63) is 59.1 Å². The normalized spacial score (nSPS) is 12.6. The highest BCUT2D eigenvalue weighted by molar-refractivity contribution is 6.41. The van der Waals surface area contributed by atoms with Gasteiger partial charge < -0.3 is 4.74 Å². The van der Waals surface area contributed by atoms with E-state index in [9.17, 15) is 4.79 Å². The van der Waals surface area contributed by atoms with Gasteiger partial charge in [0.05, 0.1) is 12.8 Å². The second-order valence-electron chi connectivity index (χ2n) is 5.17. The third-order valence-corrected chi connectivity index (χ3v) is 3.75. The molecule has 0 radical (unpaired) electrons. The van der Waals surface area contributed by atoms with Crippen LogP contribution in [0.3, 0.4) is 0 Å². The Kier molecular flexibility index (Phi) is 5.77. The van der Waals surface area contributed by atoms with E-state index in [1.807, 2.05) is 49.4 Å². The van der Waals surface area contributed by atoms with Crippen molar-refractivity contribution in [2.24, 2.45) is 5.10 Å². The number of carbonyl (C=O) groups excluding carboxylic acids is 1. The van der Waals surface area contributed by atoms with Crippen molar-refractivity contribution in [2.75, 3.05) is 12.5 Å². The number of methoxy groups -OCH3 is 1. The average molecular weight is 331 g/mol. The van der Waals surface area contributed by atoms with Crippen LogP contribution in [0, 0.1) is 0 Å². The summed E-state index contributed by atoms with van der Waals surface area (Å²) in [6.45, 7) is 3.44. The van der Waals surface area contributed by atoms with Crippen LogP contribution in [0.2, 0.25) is 5.02 Å². The fourth-order valence-corrected chi connectivity index (χ4v) is 2.40. The fraction of sp³-hybridized carbons (Fsp3) is 0.222. The zero-order valence-electron chi connectivity index (χ0n) is 13.3. The quantitative estimate of drug-likeness (QED) is 0.626. The van der Waals surface area contributed by atoms with Gasteiger partial charge in [0, 0.05) is 17.9 Å². The van der Waals surface area contributed by atoms with Crippen molar-refractivity contribution >= 4 is 28.8 Å². The van der Waals surface area contributed by atoms with Gasteiger partial charge in [0.2, 0.25) is 0 Å². The molecule has 0 aliphatic heterocycles. The monoisotopic (exact) mass is 330 g/mol. The summed E-state index contributed by atoms with van der Waals surface area (Å²) in [5.41, 5.74) is 5.10. The van der Waals surface area contributed by atoms with E-state index < -0.39 is 0 Å². The zero-order valence-corrected chi connectivity index (χ0v) is 14.1. The zero-order chi connectivity index (χ0) is 16.8. The SMILES string of the molecule is COc1ccc(N/N=C(\C(C)=O)C(C)c2cccc(Cl)c2)cc1. The molecule has 0 aliphatic carbocycles. The first kappa shape index (κ1) is 17.0. The van der Waals surface area contributed by atoms with E-state index in [1.54, 1.807) is 13.2 Å². The molecular formula is C18H19ClN2O2. The molecule has 5 heteroatoms. The summed E-state index contributed by atoms with van der Waals surface area (Å²) in [7, 11) is 1.61. The van der Waals surface area contributed by atoms with Crippen molar-refractivity contribution in [1.29, 1.82) is 0 Å². The number of carbonyl (C=O) groups is 1. The number of Topliss-reactive ketones (excluding diaryl/α,β-unsaturated/α-hetero) is 1. The summed E-state index contributed by atoms with van der Waals surface area (Å²) >= 11 is 6.02. The molecule has 0 heterocycles. The first-order chi connectivity index (χ1) is 11.0. The highest BCUT2D eigenvalue weighted by atomic mass is 35.5. The van der Waals surface area contributed by atoms with Crippen LogP contribution < -0.4 is 10.2 Å². The number of ether oxygens (including phenoxy) is 1. The minimum absolute atomic E-state index is 0.0847. The molecule has 1 unspecified atom stereocenters. The lowest BCUT2D eigenvalue weighted by Gasteiger charge is -2.14. The minimum Gasteiger partial charge on any atom is -0.497 e. The van der Waals surface area contributed by atoms with Gasteiger partial charge in [-0.3, -0.25) is 10.2 Å². The molecule has 23 heavy (non-hydrogen) atoms. The van der Waals surface area contributed by atoms with Crippen molar-refractivity contribution in [3.8, 4) is 5.75 Å². The first-order valence-electron chi connectivity index (χ1n) is 7.25. The molecule has 0 aromatic heterocycles. The summed E-state index contributed by atoms with van der Waals surface area (Å²) in [5, 5.41) is 4.93. The number of rotatable bonds is 6. The number of hydrazone groups is 1. The number of nitrogens with one attached hydrogen (secondary N) is 1. The number of ketones is 1. The van der Waals surface area contributed by atoms with Gasteiger partial charge >= 0.3 is 0 Å². The molecule has 1 N–H and O–H groups in total. The minimum atomic E-state index is -0.156. The predicted octanol–water partition coefficient (Wildman–Crippen LogP) is 4.51. The Balaban J connectivity index is 2.21. The summed E-state index contributed by atoms with van der Waals surface area (Å²) in [4.78, 5) is 11.9. The molecule has 4 nitrogen and oxygen atoms in total. The van der Waals surface area contributed by atoms with Crippen LogP contribution in [-0.2, 0) is 4.79 Å². The highest BCUT2D eigenvalue weighted by Crippen LogP contribution is 2.22. The third-order valence-electron chi connectivity index (χ3n) is 3.52. The maximum Gasteiger partial charge on any atom is 0.176 e. The number of hydrogen-bond acceptors (Lipinski definition) is 4. The molecule has 120 valence electrons.